The van der Waals surface area contributed by atoms with Crippen LogP contribution in [0.5, 0.6) is 11.5 Å². The van der Waals surface area contributed by atoms with Gasteiger partial charge in [0.05, 0.1) is 22.0 Å². The van der Waals surface area contributed by atoms with Crippen LogP contribution in [-0.4, -0.2) is 41.3 Å². The third kappa shape index (κ3) is 4.52. The molecule has 9 nitrogen and oxygen atoms in total. The summed E-state index contributed by atoms with van der Waals surface area (Å²) in [5.74, 6) is 0.180. The van der Waals surface area contributed by atoms with Crippen molar-refractivity contribution in [3.8, 4) is 11.5 Å². The fourth-order valence-corrected chi connectivity index (χ4v) is 4.51. The maximum Gasteiger partial charge on any atom is 0.271 e. The molecule has 3 aromatic rings. The van der Waals surface area contributed by atoms with E-state index in [2.05, 4.69) is 24.1 Å². The van der Waals surface area contributed by atoms with E-state index in [0.717, 1.165) is 19.6 Å². The van der Waals surface area contributed by atoms with E-state index in [1.54, 1.807) is 12.1 Å². The van der Waals surface area contributed by atoms with Crippen molar-refractivity contribution in [2.45, 2.75) is 26.3 Å². The van der Waals surface area contributed by atoms with Crippen molar-refractivity contribution < 1.29 is 19.2 Å². The highest BCUT2D eigenvalue weighted by Crippen LogP contribution is 2.40. The number of nitro groups is 1. The Morgan fingerprint density at radius 3 is 2.53 bits per heavy atom. The summed E-state index contributed by atoms with van der Waals surface area (Å²) in [4.78, 5) is 31.2. The molecule has 9 heteroatoms. The number of non-ortho nitro benzene ring substituents is 1. The maximum absolute atomic E-state index is 13.2. The van der Waals surface area contributed by atoms with Crippen LogP contribution < -0.4 is 14.8 Å². The maximum atomic E-state index is 13.2. The van der Waals surface area contributed by atoms with Gasteiger partial charge in [0.1, 0.15) is 5.92 Å². The summed E-state index contributed by atoms with van der Waals surface area (Å²) in [7, 11) is 0. The van der Waals surface area contributed by atoms with Gasteiger partial charge in [-0.1, -0.05) is 26.0 Å². The Kier molecular flexibility index (Phi) is 6.39. The molecule has 0 saturated carbocycles. The molecule has 184 valence electrons. The topological polar surface area (TPSA) is 106 Å². The molecule has 1 atom stereocenters. The number of carbonyl (C=O) groups is 1. The molecular formula is C27H26N4O5. The van der Waals surface area contributed by atoms with Crippen LogP contribution in [0.15, 0.2) is 65.7 Å². The quantitative estimate of drug-likeness (QED) is 0.272. The van der Waals surface area contributed by atoms with E-state index >= 15 is 0 Å². The van der Waals surface area contributed by atoms with E-state index in [-0.39, 0.29) is 18.4 Å². The van der Waals surface area contributed by atoms with Gasteiger partial charge < -0.3 is 14.8 Å². The lowest BCUT2D eigenvalue weighted by molar-refractivity contribution is -0.384. The zero-order chi connectivity index (χ0) is 25.2. The molecular weight excluding hydrogens is 460 g/mol. The average molecular weight is 487 g/mol. The van der Waals surface area contributed by atoms with E-state index in [4.69, 9.17) is 14.5 Å². The molecule has 2 aliphatic rings. The predicted octanol–water partition coefficient (Wildman–Crippen LogP) is 5.02. The fraction of sp³-hybridized carbons (Fsp3) is 0.259. The van der Waals surface area contributed by atoms with Crippen LogP contribution in [0.4, 0.5) is 17.1 Å². The number of anilines is 1. The lowest BCUT2D eigenvalue weighted by Gasteiger charge is -2.18. The fourth-order valence-electron chi connectivity index (χ4n) is 4.51. The predicted molar refractivity (Wildman–Crippen MR) is 136 cm³/mol. The smallest absolute Gasteiger partial charge is 0.271 e. The highest BCUT2D eigenvalue weighted by Gasteiger charge is 2.37. The van der Waals surface area contributed by atoms with Gasteiger partial charge in [-0.25, -0.2) is 0 Å². The molecule has 2 aliphatic heterocycles. The number of hydrogen-bond acceptors (Lipinski definition) is 7. The minimum absolute atomic E-state index is 0.0833. The highest BCUT2D eigenvalue weighted by atomic mass is 16.7. The van der Waals surface area contributed by atoms with Gasteiger partial charge in [-0.3, -0.25) is 24.8 Å². The molecule has 0 fully saturated rings. The van der Waals surface area contributed by atoms with E-state index in [0.29, 0.717) is 39.7 Å². The molecule has 1 unspecified atom stereocenters. The van der Waals surface area contributed by atoms with Crippen LogP contribution in [0, 0.1) is 10.1 Å². The summed E-state index contributed by atoms with van der Waals surface area (Å²) in [5.41, 5.74) is 4.09. The molecule has 0 saturated heterocycles. The summed E-state index contributed by atoms with van der Waals surface area (Å²) in [6.07, 6.45) is 0. The molecule has 0 aliphatic carbocycles. The molecule has 5 rings (SSSR count). The Labute approximate surface area is 208 Å². The summed E-state index contributed by atoms with van der Waals surface area (Å²) >= 11 is 0. The number of ether oxygens (including phenoxy) is 2. The van der Waals surface area contributed by atoms with Crippen molar-refractivity contribution in [1.82, 2.24) is 4.90 Å². The normalized spacial score (nSPS) is 16.2. The Hall–Kier alpha value is -4.24. The average Bonchev–Trinajstić information content (AvgIpc) is 3.49. The third-order valence-electron chi connectivity index (χ3n) is 6.51. The van der Waals surface area contributed by atoms with Crippen molar-refractivity contribution in [2.24, 2.45) is 4.99 Å². The van der Waals surface area contributed by atoms with Crippen LogP contribution in [0.2, 0.25) is 0 Å². The van der Waals surface area contributed by atoms with Crippen molar-refractivity contribution in [3.05, 3.63) is 87.5 Å². The Balaban J connectivity index is 1.56. The Morgan fingerprint density at radius 2 is 1.81 bits per heavy atom. The van der Waals surface area contributed by atoms with Crippen LogP contribution >= 0.6 is 0 Å². The van der Waals surface area contributed by atoms with E-state index in [9.17, 15) is 14.9 Å². The zero-order valence-corrected chi connectivity index (χ0v) is 20.1. The lowest BCUT2D eigenvalue weighted by atomic mass is 9.90. The number of rotatable bonds is 8. The number of aliphatic imine (C=N–C) groups is 1. The van der Waals surface area contributed by atoms with Crippen molar-refractivity contribution in [1.29, 1.82) is 0 Å². The Bertz CT molecular complexity index is 1350. The molecule has 1 amide bonds. The molecule has 3 aromatic carbocycles. The van der Waals surface area contributed by atoms with Crippen molar-refractivity contribution in [3.63, 3.8) is 0 Å². The first kappa shape index (κ1) is 23.5. The number of fused-ring (bicyclic) bond motifs is 2. The Morgan fingerprint density at radius 1 is 1.06 bits per heavy atom. The van der Waals surface area contributed by atoms with Crippen LogP contribution in [0.3, 0.4) is 0 Å². The van der Waals surface area contributed by atoms with Crippen LogP contribution in [-0.2, 0) is 11.3 Å². The minimum atomic E-state index is -0.739. The summed E-state index contributed by atoms with van der Waals surface area (Å²) in [6, 6.07) is 17.8. The van der Waals surface area contributed by atoms with Crippen molar-refractivity contribution >= 4 is 28.7 Å². The number of hydrogen-bond donors (Lipinski definition) is 1. The van der Waals surface area contributed by atoms with Gasteiger partial charge in [-0.15, -0.1) is 0 Å². The van der Waals surface area contributed by atoms with Gasteiger partial charge in [0.2, 0.25) is 12.7 Å². The van der Waals surface area contributed by atoms with Crippen molar-refractivity contribution in [2.75, 3.05) is 25.2 Å². The number of amides is 1. The second-order valence-corrected chi connectivity index (χ2v) is 8.64. The van der Waals surface area contributed by atoms with Gasteiger partial charge in [-0.05, 0) is 60.6 Å². The molecule has 0 aromatic heterocycles. The summed E-state index contributed by atoms with van der Waals surface area (Å²) < 4.78 is 11.0. The standard InChI is InChI=1S/C27H26N4O5/c1-3-30(4-2)15-17-5-8-19(9-6-17)28-26(18-7-12-23-24(13-18)36-16-35-23)25-21-11-10-20(31(33)34)14-22(21)29-27(25)32/h5-14,25H,3-4,15-16H2,1-2H3,(H,29,32). The molecule has 36 heavy (non-hydrogen) atoms. The second kappa shape index (κ2) is 9.79. The number of nitro benzene ring substituents is 1. The second-order valence-electron chi connectivity index (χ2n) is 8.64. The SMILES string of the molecule is CCN(CC)Cc1ccc(N=C(c2ccc3c(c2)OCO3)C2C(=O)Nc3cc([N+](=O)[O-])ccc32)cc1. The van der Waals surface area contributed by atoms with E-state index in [1.807, 2.05) is 36.4 Å². The molecule has 2 heterocycles. The number of nitrogens with one attached hydrogen (secondary N) is 1. The van der Waals surface area contributed by atoms with Gasteiger partial charge in [0, 0.05) is 24.2 Å². The number of carbonyl (C=O) groups excluding carboxylic acids is 1. The van der Waals surface area contributed by atoms with E-state index in [1.165, 1.54) is 17.7 Å². The molecule has 0 radical (unpaired) electrons. The molecule has 0 spiro atoms. The first-order valence-electron chi connectivity index (χ1n) is 11.9. The van der Waals surface area contributed by atoms with Gasteiger partial charge in [0.15, 0.2) is 11.5 Å². The number of benzene rings is 3. The highest BCUT2D eigenvalue weighted by molar-refractivity contribution is 6.24. The lowest BCUT2D eigenvalue weighted by Crippen LogP contribution is -2.22. The number of nitrogens with zero attached hydrogens (tertiary/aromatic N) is 3. The largest absolute Gasteiger partial charge is 0.454 e. The molecule has 1 N–H and O–H groups in total. The first-order valence-corrected chi connectivity index (χ1v) is 11.9. The first-order chi connectivity index (χ1) is 17.5. The van der Waals surface area contributed by atoms with Gasteiger partial charge in [0.25, 0.3) is 5.69 Å². The zero-order valence-electron chi connectivity index (χ0n) is 20.1. The van der Waals surface area contributed by atoms with Gasteiger partial charge in [-0.2, -0.15) is 0 Å². The summed E-state index contributed by atoms with van der Waals surface area (Å²) in [6.45, 7) is 7.20. The third-order valence-corrected chi connectivity index (χ3v) is 6.51. The van der Waals surface area contributed by atoms with Crippen LogP contribution in [0.25, 0.3) is 0 Å². The van der Waals surface area contributed by atoms with Crippen LogP contribution in [0.1, 0.15) is 36.5 Å². The minimum Gasteiger partial charge on any atom is -0.454 e. The monoisotopic (exact) mass is 486 g/mol. The summed E-state index contributed by atoms with van der Waals surface area (Å²) in [5, 5.41) is 14.0. The van der Waals surface area contributed by atoms with Gasteiger partial charge >= 0.3 is 0 Å². The van der Waals surface area contributed by atoms with E-state index < -0.39 is 10.8 Å². The molecule has 0 bridgehead atoms.